The molecule has 1 aliphatic rings. The summed E-state index contributed by atoms with van der Waals surface area (Å²) in [5.41, 5.74) is 2.16. The molecule has 1 heterocycles. The fourth-order valence-corrected chi connectivity index (χ4v) is 2.34. The van der Waals surface area contributed by atoms with Crippen LogP contribution in [-0.4, -0.2) is 23.5 Å². The minimum atomic E-state index is -0.306. The maximum atomic E-state index is 12.4. The zero-order valence-corrected chi connectivity index (χ0v) is 11.7. The summed E-state index contributed by atoms with van der Waals surface area (Å²) in [4.78, 5) is 25.9. The second kappa shape index (κ2) is 5.84. The van der Waals surface area contributed by atoms with Crippen molar-refractivity contribution in [1.29, 1.82) is 0 Å². The molecule has 0 fully saturated rings. The Morgan fingerprint density at radius 3 is 2.05 bits per heavy atom. The molecule has 4 heteroatoms. The Labute approximate surface area is 128 Å². The van der Waals surface area contributed by atoms with E-state index in [1.807, 2.05) is 0 Å². The van der Waals surface area contributed by atoms with Gasteiger partial charge in [0.1, 0.15) is 0 Å². The summed E-state index contributed by atoms with van der Waals surface area (Å²) in [5.74, 6) is 5.12. The third-order valence-electron chi connectivity index (χ3n) is 3.39. The first-order chi connectivity index (χ1) is 10.7. The summed E-state index contributed by atoms with van der Waals surface area (Å²) < 4.78 is 0. The molecule has 1 N–H and O–H groups in total. The van der Waals surface area contributed by atoms with Gasteiger partial charge in [-0.1, -0.05) is 24.0 Å². The smallest absolute Gasteiger partial charge is 0.266 e. The number of nitrogens with zero attached hydrogens (tertiary/aromatic N) is 1. The highest BCUT2D eigenvalue weighted by Gasteiger charge is 2.36. The number of carbonyl (C=O) groups is 2. The second-order valence-corrected chi connectivity index (χ2v) is 4.81. The first kappa shape index (κ1) is 14.1. The number of aliphatic hydroxyl groups is 1. The normalized spacial score (nSPS) is 12.9. The van der Waals surface area contributed by atoms with E-state index in [4.69, 9.17) is 5.11 Å². The molecule has 0 saturated heterocycles. The third-order valence-corrected chi connectivity index (χ3v) is 3.39. The lowest BCUT2D eigenvalue weighted by atomic mass is 10.1. The molecule has 1 aliphatic heterocycles. The van der Waals surface area contributed by atoms with Crippen molar-refractivity contribution in [2.24, 2.45) is 0 Å². The topological polar surface area (TPSA) is 57.6 Å². The van der Waals surface area contributed by atoms with Crippen LogP contribution in [-0.2, 0) is 0 Å². The predicted octanol–water partition coefficient (Wildman–Crippen LogP) is 2.22. The Morgan fingerprint density at radius 2 is 1.50 bits per heavy atom. The lowest BCUT2D eigenvalue weighted by Gasteiger charge is -2.13. The minimum Gasteiger partial charge on any atom is -0.395 e. The van der Waals surface area contributed by atoms with Crippen LogP contribution >= 0.6 is 0 Å². The largest absolute Gasteiger partial charge is 0.395 e. The van der Waals surface area contributed by atoms with E-state index in [1.165, 1.54) is 4.90 Å². The van der Waals surface area contributed by atoms with Crippen molar-refractivity contribution in [3.8, 4) is 11.8 Å². The number of anilines is 1. The SMILES string of the molecule is O=C1c2ccccc2C(=O)N1c1ccc(C#CCCO)cc1. The van der Waals surface area contributed by atoms with Crippen LogP contribution in [0, 0.1) is 11.8 Å². The van der Waals surface area contributed by atoms with Crippen LogP contribution in [0.3, 0.4) is 0 Å². The summed E-state index contributed by atoms with van der Waals surface area (Å²) in [5, 5.41) is 8.69. The average Bonchev–Trinajstić information content (AvgIpc) is 2.81. The molecule has 0 unspecified atom stereocenters. The number of benzene rings is 2. The molecule has 4 nitrogen and oxygen atoms in total. The van der Waals surface area contributed by atoms with Crippen molar-refractivity contribution in [1.82, 2.24) is 0 Å². The lowest BCUT2D eigenvalue weighted by Crippen LogP contribution is -2.29. The quantitative estimate of drug-likeness (QED) is 0.682. The van der Waals surface area contributed by atoms with Gasteiger partial charge >= 0.3 is 0 Å². The molecular formula is C18H13NO3. The number of hydrogen-bond acceptors (Lipinski definition) is 3. The molecule has 0 aromatic heterocycles. The molecule has 0 atom stereocenters. The van der Waals surface area contributed by atoms with E-state index < -0.39 is 0 Å². The van der Waals surface area contributed by atoms with Crippen LogP contribution in [0.5, 0.6) is 0 Å². The van der Waals surface area contributed by atoms with Crippen molar-refractivity contribution >= 4 is 17.5 Å². The van der Waals surface area contributed by atoms with Gasteiger partial charge in [0.15, 0.2) is 0 Å². The monoisotopic (exact) mass is 291 g/mol. The van der Waals surface area contributed by atoms with Gasteiger partial charge in [0.05, 0.1) is 23.4 Å². The second-order valence-electron chi connectivity index (χ2n) is 4.81. The summed E-state index contributed by atoms with van der Waals surface area (Å²) in [6, 6.07) is 13.7. The van der Waals surface area contributed by atoms with E-state index in [0.717, 1.165) is 5.56 Å². The van der Waals surface area contributed by atoms with Gasteiger partial charge in [-0.2, -0.15) is 0 Å². The van der Waals surface area contributed by atoms with E-state index in [9.17, 15) is 9.59 Å². The minimum absolute atomic E-state index is 0.0279. The van der Waals surface area contributed by atoms with Gasteiger partial charge in [-0.05, 0) is 36.4 Å². The Balaban J connectivity index is 1.89. The first-order valence-electron chi connectivity index (χ1n) is 6.90. The maximum Gasteiger partial charge on any atom is 0.266 e. The van der Waals surface area contributed by atoms with Crippen molar-refractivity contribution in [2.45, 2.75) is 6.42 Å². The molecule has 2 amide bonds. The zero-order valence-electron chi connectivity index (χ0n) is 11.7. The number of rotatable bonds is 2. The third kappa shape index (κ3) is 2.39. The van der Waals surface area contributed by atoms with Gasteiger partial charge < -0.3 is 5.11 Å². The van der Waals surface area contributed by atoms with Crippen molar-refractivity contribution in [3.05, 3.63) is 65.2 Å². The van der Waals surface area contributed by atoms with E-state index in [-0.39, 0.29) is 18.4 Å². The highest BCUT2D eigenvalue weighted by molar-refractivity contribution is 6.34. The summed E-state index contributed by atoms with van der Waals surface area (Å²) >= 11 is 0. The molecule has 0 radical (unpaired) electrons. The van der Waals surface area contributed by atoms with E-state index in [1.54, 1.807) is 48.5 Å². The number of hydrogen-bond donors (Lipinski definition) is 1. The van der Waals surface area contributed by atoms with Crippen molar-refractivity contribution in [2.75, 3.05) is 11.5 Å². The molecular weight excluding hydrogens is 278 g/mol. The molecule has 108 valence electrons. The Morgan fingerprint density at radius 1 is 0.909 bits per heavy atom. The van der Waals surface area contributed by atoms with E-state index in [2.05, 4.69) is 11.8 Å². The van der Waals surface area contributed by atoms with Gasteiger partial charge in [-0.15, -0.1) is 0 Å². The van der Waals surface area contributed by atoms with Crippen LogP contribution in [0.15, 0.2) is 48.5 Å². The molecule has 3 rings (SSSR count). The molecule has 2 aromatic rings. The van der Waals surface area contributed by atoms with Gasteiger partial charge in [0.25, 0.3) is 11.8 Å². The van der Waals surface area contributed by atoms with Crippen molar-refractivity contribution in [3.63, 3.8) is 0 Å². The highest BCUT2D eigenvalue weighted by Crippen LogP contribution is 2.28. The van der Waals surface area contributed by atoms with E-state index >= 15 is 0 Å². The number of fused-ring (bicyclic) bond motifs is 1. The fourth-order valence-electron chi connectivity index (χ4n) is 2.34. The van der Waals surface area contributed by atoms with Crippen LogP contribution in [0.2, 0.25) is 0 Å². The van der Waals surface area contributed by atoms with Gasteiger partial charge in [-0.3, -0.25) is 9.59 Å². The molecule has 2 aromatic carbocycles. The fraction of sp³-hybridized carbons (Fsp3) is 0.111. The Hall–Kier alpha value is -2.90. The van der Waals surface area contributed by atoms with Crippen LogP contribution in [0.25, 0.3) is 0 Å². The molecule has 0 saturated carbocycles. The summed E-state index contributed by atoms with van der Waals surface area (Å²) in [7, 11) is 0. The number of imide groups is 1. The van der Waals surface area contributed by atoms with Gasteiger partial charge in [-0.25, -0.2) is 4.90 Å². The molecule has 0 aliphatic carbocycles. The van der Waals surface area contributed by atoms with E-state index in [0.29, 0.717) is 23.2 Å². The predicted molar refractivity (Wildman–Crippen MR) is 82.6 cm³/mol. The van der Waals surface area contributed by atoms with Crippen LogP contribution < -0.4 is 4.90 Å². The highest BCUT2D eigenvalue weighted by atomic mass is 16.2. The van der Waals surface area contributed by atoms with Gasteiger partial charge in [0, 0.05) is 12.0 Å². The first-order valence-corrected chi connectivity index (χ1v) is 6.90. The van der Waals surface area contributed by atoms with Crippen molar-refractivity contribution < 1.29 is 14.7 Å². The zero-order chi connectivity index (χ0) is 15.5. The standard InChI is InChI=1S/C18H13NO3/c20-12-4-3-5-13-8-10-14(11-9-13)19-17(21)15-6-1-2-7-16(15)18(19)22/h1-2,6-11,20H,4,12H2. The van der Waals surface area contributed by atoms with Crippen LogP contribution in [0.4, 0.5) is 5.69 Å². The summed E-state index contributed by atoms with van der Waals surface area (Å²) in [6.07, 6.45) is 0.417. The maximum absolute atomic E-state index is 12.4. The Bertz CT molecular complexity index is 762. The molecule has 22 heavy (non-hydrogen) atoms. The van der Waals surface area contributed by atoms with Gasteiger partial charge in [0.2, 0.25) is 0 Å². The number of aliphatic hydroxyl groups excluding tert-OH is 1. The lowest BCUT2D eigenvalue weighted by molar-refractivity contribution is 0.0926. The van der Waals surface area contributed by atoms with Crippen LogP contribution in [0.1, 0.15) is 32.7 Å². The number of amides is 2. The Kier molecular flexibility index (Phi) is 3.73. The summed E-state index contributed by atoms with van der Waals surface area (Å²) in [6.45, 7) is 0.0279. The average molecular weight is 291 g/mol. The molecule has 0 spiro atoms. The number of carbonyl (C=O) groups excluding carboxylic acids is 2. The molecule has 0 bridgehead atoms.